The van der Waals surface area contributed by atoms with Gasteiger partial charge in [-0.15, -0.1) is 11.3 Å². The minimum atomic E-state index is 0.200. The maximum Gasteiger partial charge on any atom is 0.260 e. The first kappa shape index (κ1) is 14.3. The van der Waals surface area contributed by atoms with E-state index >= 15 is 0 Å². The van der Waals surface area contributed by atoms with Gasteiger partial charge in [0.2, 0.25) is 0 Å². The van der Waals surface area contributed by atoms with E-state index in [4.69, 9.17) is 4.52 Å². The highest BCUT2D eigenvalue weighted by Crippen LogP contribution is 2.32. The molecule has 0 aliphatic carbocycles. The Morgan fingerprint density at radius 1 is 1.33 bits per heavy atom. The molecule has 0 aliphatic rings. The van der Waals surface area contributed by atoms with Gasteiger partial charge in [-0.25, -0.2) is 0 Å². The van der Waals surface area contributed by atoms with Crippen LogP contribution in [-0.2, 0) is 0 Å². The van der Waals surface area contributed by atoms with Crippen molar-refractivity contribution in [2.75, 3.05) is 5.32 Å². The summed E-state index contributed by atoms with van der Waals surface area (Å²) in [5.41, 5.74) is 1.90. The van der Waals surface area contributed by atoms with E-state index in [0.717, 1.165) is 15.7 Å². The summed E-state index contributed by atoms with van der Waals surface area (Å²) >= 11 is 5.21. The van der Waals surface area contributed by atoms with E-state index in [2.05, 4.69) is 49.8 Å². The Morgan fingerprint density at radius 2 is 2.14 bits per heavy atom. The molecule has 2 aromatic heterocycles. The SMILES string of the molecule is Cc1noc(-c2ccccc2NC(C)c2cc(Br)cs2)n1. The molecule has 21 heavy (non-hydrogen) atoms. The normalized spacial score (nSPS) is 12.3. The molecule has 3 aromatic rings. The Morgan fingerprint density at radius 3 is 2.81 bits per heavy atom. The van der Waals surface area contributed by atoms with Gasteiger partial charge in [0.25, 0.3) is 5.89 Å². The summed E-state index contributed by atoms with van der Waals surface area (Å²) in [7, 11) is 0. The van der Waals surface area contributed by atoms with Crippen LogP contribution in [0.25, 0.3) is 11.5 Å². The molecule has 3 rings (SSSR count). The van der Waals surface area contributed by atoms with Crippen LogP contribution in [0.2, 0.25) is 0 Å². The summed E-state index contributed by atoms with van der Waals surface area (Å²) in [6, 6.07) is 10.3. The number of aryl methyl sites for hydroxylation is 1. The van der Waals surface area contributed by atoms with E-state index in [1.807, 2.05) is 31.2 Å². The summed E-state index contributed by atoms with van der Waals surface area (Å²) in [6.45, 7) is 3.95. The zero-order valence-electron chi connectivity index (χ0n) is 11.6. The standard InChI is InChI=1S/C15H14BrN3OS/c1-9(14-7-11(16)8-21-14)17-13-6-4-3-5-12(13)15-18-10(2)19-20-15/h3-9,17H,1-2H3. The van der Waals surface area contributed by atoms with Crippen molar-refractivity contribution in [2.45, 2.75) is 19.9 Å². The van der Waals surface area contributed by atoms with Gasteiger partial charge < -0.3 is 9.84 Å². The number of para-hydroxylation sites is 1. The second-order valence-electron chi connectivity index (χ2n) is 4.73. The fourth-order valence-corrected chi connectivity index (χ4v) is 3.51. The highest BCUT2D eigenvalue weighted by Gasteiger charge is 2.14. The van der Waals surface area contributed by atoms with Crippen LogP contribution in [0.5, 0.6) is 0 Å². The minimum Gasteiger partial charge on any atom is -0.377 e. The van der Waals surface area contributed by atoms with Crippen molar-refractivity contribution in [3.8, 4) is 11.5 Å². The number of thiophene rings is 1. The molecule has 1 aromatic carbocycles. The molecule has 0 saturated carbocycles. The van der Waals surface area contributed by atoms with Crippen LogP contribution in [0.15, 0.2) is 44.7 Å². The molecule has 1 unspecified atom stereocenters. The topological polar surface area (TPSA) is 51.0 Å². The van der Waals surface area contributed by atoms with Crippen molar-refractivity contribution in [3.63, 3.8) is 0 Å². The summed E-state index contributed by atoms with van der Waals surface area (Å²) in [6.07, 6.45) is 0. The zero-order valence-corrected chi connectivity index (χ0v) is 14.0. The van der Waals surface area contributed by atoms with E-state index in [-0.39, 0.29) is 6.04 Å². The van der Waals surface area contributed by atoms with Crippen LogP contribution in [0, 0.1) is 6.92 Å². The average molecular weight is 364 g/mol. The second kappa shape index (κ2) is 5.99. The van der Waals surface area contributed by atoms with Crippen molar-refractivity contribution in [2.24, 2.45) is 0 Å². The maximum absolute atomic E-state index is 5.28. The largest absolute Gasteiger partial charge is 0.377 e. The molecule has 1 N–H and O–H groups in total. The van der Waals surface area contributed by atoms with E-state index in [0.29, 0.717) is 11.7 Å². The lowest BCUT2D eigenvalue weighted by Crippen LogP contribution is -2.05. The first-order chi connectivity index (χ1) is 10.1. The average Bonchev–Trinajstić information content (AvgIpc) is 3.08. The van der Waals surface area contributed by atoms with Gasteiger partial charge in [0.1, 0.15) is 0 Å². The van der Waals surface area contributed by atoms with Crippen LogP contribution in [0.1, 0.15) is 23.7 Å². The monoisotopic (exact) mass is 363 g/mol. The number of rotatable bonds is 4. The molecule has 0 radical (unpaired) electrons. The molecule has 0 bridgehead atoms. The number of nitrogens with zero attached hydrogens (tertiary/aromatic N) is 2. The highest BCUT2D eigenvalue weighted by molar-refractivity contribution is 9.10. The molecule has 0 aliphatic heterocycles. The zero-order chi connectivity index (χ0) is 14.8. The van der Waals surface area contributed by atoms with Crippen LogP contribution >= 0.6 is 27.3 Å². The number of hydrogen-bond donors (Lipinski definition) is 1. The minimum absolute atomic E-state index is 0.200. The molecule has 0 spiro atoms. The summed E-state index contributed by atoms with van der Waals surface area (Å²) in [5, 5.41) is 9.45. The quantitative estimate of drug-likeness (QED) is 0.705. The Bertz CT molecular complexity index is 753. The van der Waals surface area contributed by atoms with E-state index < -0.39 is 0 Å². The number of aromatic nitrogens is 2. The van der Waals surface area contributed by atoms with E-state index in [1.54, 1.807) is 11.3 Å². The smallest absolute Gasteiger partial charge is 0.260 e. The van der Waals surface area contributed by atoms with Gasteiger partial charge in [0.15, 0.2) is 5.82 Å². The lowest BCUT2D eigenvalue weighted by atomic mass is 10.1. The van der Waals surface area contributed by atoms with Gasteiger partial charge in [-0.3, -0.25) is 0 Å². The van der Waals surface area contributed by atoms with Crippen molar-refractivity contribution in [1.82, 2.24) is 10.1 Å². The maximum atomic E-state index is 5.28. The highest BCUT2D eigenvalue weighted by atomic mass is 79.9. The third-order valence-electron chi connectivity index (χ3n) is 3.07. The number of hydrogen-bond acceptors (Lipinski definition) is 5. The van der Waals surface area contributed by atoms with Gasteiger partial charge in [-0.1, -0.05) is 17.3 Å². The molecule has 4 nitrogen and oxygen atoms in total. The number of benzene rings is 1. The van der Waals surface area contributed by atoms with Crippen molar-refractivity contribution < 1.29 is 4.52 Å². The van der Waals surface area contributed by atoms with Crippen LogP contribution < -0.4 is 5.32 Å². The number of anilines is 1. The van der Waals surface area contributed by atoms with E-state index in [1.165, 1.54) is 4.88 Å². The van der Waals surface area contributed by atoms with Gasteiger partial charge in [0, 0.05) is 20.4 Å². The molecule has 1 atom stereocenters. The fourth-order valence-electron chi connectivity index (χ4n) is 2.06. The molecule has 6 heteroatoms. The Labute approximate surface area is 135 Å². The lowest BCUT2D eigenvalue weighted by Gasteiger charge is -2.15. The Balaban J connectivity index is 1.89. The van der Waals surface area contributed by atoms with Gasteiger partial charge in [-0.2, -0.15) is 4.98 Å². The fraction of sp³-hybridized carbons (Fsp3) is 0.200. The third-order valence-corrected chi connectivity index (χ3v) is 4.95. The van der Waals surface area contributed by atoms with Gasteiger partial charge in [0.05, 0.1) is 11.6 Å². The van der Waals surface area contributed by atoms with Crippen molar-refractivity contribution >= 4 is 33.0 Å². The second-order valence-corrected chi connectivity index (χ2v) is 6.58. The summed E-state index contributed by atoms with van der Waals surface area (Å²) < 4.78 is 6.38. The molecule has 0 saturated heterocycles. The number of nitrogens with one attached hydrogen (secondary N) is 1. The predicted octanol–water partition coefficient (Wildman–Crippen LogP) is 5.04. The number of halogens is 1. The first-order valence-electron chi connectivity index (χ1n) is 6.53. The van der Waals surface area contributed by atoms with Gasteiger partial charge >= 0.3 is 0 Å². The molecule has 108 valence electrons. The Hall–Kier alpha value is -1.66. The van der Waals surface area contributed by atoms with E-state index in [9.17, 15) is 0 Å². The summed E-state index contributed by atoms with van der Waals surface area (Å²) in [5.74, 6) is 1.17. The van der Waals surface area contributed by atoms with Crippen LogP contribution in [-0.4, -0.2) is 10.1 Å². The Kier molecular flexibility index (Phi) is 4.07. The lowest BCUT2D eigenvalue weighted by molar-refractivity contribution is 0.425. The predicted molar refractivity (Wildman–Crippen MR) is 88.5 cm³/mol. The molecule has 2 heterocycles. The summed E-state index contributed by atoms with van der Waals surface area (Å²) in [4.78, 5) is 5.57. The molecular formula is C15H14BrN3OS. The van der Waals surface area contributed by atoms with Gasteiger partial charge in [-0.05, 0) is 48.0 Å². The van der Waals surface area contributed by atoms with Crippen molar-refractivity contribution in [3.05, 3.63) is 50.9 Å². The molecular weight excluding hydrogens is 350 g/mol. The van der Waals surface area contributed by atoms with Crippen molar-refractivity contribution in [1.29, 1.82) is 0 Å². The molecule has 0 fully saturated rings. The third kappa shape index (κ3) is 3.16. The van der Waals surface area contributed by atoms with Crippen LogP contribution in [0.3, 0.4) is 0 Å². The molecule has 0 amide bonds. The van der Waals surface area contributed by atoms with Crippen LogP contribution in [0.4, 0.5) is 5.69 Å². The first-order valence-corrected chi connectivity index (χ1v) is 8.21.